The van der Waals surface area contributed by atoms with Crippen LogP contribution in [-0.2, 0) is 4.79 Å². The Morgan fingerprint density at radius 3 is 2.38 bits per heavy atom. The summed E-state index contributed by atoms with van der Waals surface area (Å²) in [4.78, 5) is 15.3. The van der Waals surface area contributed by atoms with E-state index in [9.17, 15) is 4.79 Å². The van der Waals surface area contributed by atoms with Crippen LogP contribution in [0.5, 0.6) is 0 Å². The van der Waals surface area contributed by atoms with Crippen molar-refractivity contribution in [3.05, 3.63) is 58.6 Å². The lowest BCUT2D eigenvalue weighted by Crippen LogP contribution is -1.97. The van der Waals surface area contributed by atoms with Crippen molar-refractivity contribution in [1.29, 1.82) is 0 Å². The van der Waals surface area contributed by atoms with E-state index in [1.807, 2.05) is 55.5 Å². The van der Waals surface area contributed by atoms with Gasteiger partial charge in [-0.1, -0.05) is 69.7 Å². The summed E-state index contributed by atoms with van der Waals surface area (Å²) in [5.74, 6) is -0.354. The van der Waals surface area contributed by atoms with E-state index in [2.05, 4.69) is 20.9 Å². The highest BCUT2D eigenvalue weighted by Crippen LogP contribution is 2.36. The maximum Gasteiger partial charge on any atom is 0.314 e. The van der Waals surface area contributed by atoms with Gasteiger partial charge in [0.05, 0.1) is 0 Å². The molecule has 0 amide bonds. The molecule has 0 unspecified atom stereocenters. The third-order valence-electron chi connectivity index (χ3n) is 3.36. The van der Waals surface area contributed by atoms with Crippen molar-refractivity contribution in [2.75, 3.05) is 5.75 Å². The molecule has 0 bridgehead atoms. The first-order valence-corrected chi connectivity index (χ1v) is 8.99. The Morgan fingerprint density at radius 1 is 1.12 bits per heavy atom. The van der Waals surface area contributed by atoms with Crippen LogP contribution in [0.4, 0.5) is 0 Å². The number of rotatable bonds is 5. The molecule has 24 heavy (non-hydrogen) atoms. The van der Waals surface area contributed by atoms with E-state index in [1.165, 1.54) is 0 Å². The molecule has 0 saturated heterocycles. The number of benzene rings is 2. The minimum Gasteiger partial charge on any atom is -0.481 e. The van der Waals surface area contributed by atoms with Gasteiger partial charge < -0.3 is 9.52 Å². The number of hydrogen-bond acceptors (Lipinski definition) is 4. The van der Waals surface area contributed by atoms with Crippen molar-refractivity contribution < 1.29 is 14.3 Å². The zero-order valence-electron chi connectivity index (χ0n) is 12.8. The lowest BCUT2D eigenvalue weighted by atomic mass is 10.0. The summed E-state index contributed by atoms with van der Waals surface area (Å²) in [7, 11) is 0. The molecule has 4 nitrogen and oxygen atoms in total. The van der Waals surface area contributed by atoms with Crippen molar-refractivity contribution in [2.24, 2.45) is 0 Å². The smallest absolute Gasteiger partial charge is 0.314 e. The number of hydrogen-bond donors (Lipinski definition) is 1. The first kappa shape index (κ1) is 16.8. The molecule has 1 N–H and O–H groups in total. The molecule has 122 valence electrons. The molecule has 0 spiro atoms. The zero-order chi connectivity index (χ0) is 17.1. The second-order valence-corrected chi connectivity index (χ2v) is 7.06. The predicted octanol–water partition coefficient (Wildman–Crippen LogP) is 5.26. The van der Waals surface area contributed by atoms with Gasteiger partial charge in [0.15, 0.2) is 5.76 Å². The van der Waals surface area contributed by atoms with Gasteiger partial charge in [0.25, 0.3) is 5.22 Å². The van der Waals surface area contributed by atoms with E-state index in [-0.39, 0.29) is 5.75 Å². The van der Waals surface area contributed by atoms with Gasteiger partial charge in [-0.25, -0.2) is 4.98 Å². The fraction of sp³-hybridized carbons (Fsp3) is 0.111. The van der Waals surface area contributed by atoms with Crippen LogP contribution in [0, 0.1) is 6.92 Å². The number of carbonyl (C=O) groups is 1. The SMILES string of the molecule is Cc1ccc(-c2nc(SCC(=O)O)oc2-c2ccc(Br)cc2)cc1. The number of aromatic nitrogens is 1. The van der Waals surface area contributed by atoms with Crippen LogP contribution in [0.2, 0.25) is 0 Å². The van der Waals surface area contributed by atoms with Gasteiger partial charge in [0, 0.05) is 15.6 Å². The summed E-state index contributed by atoms with van der Waals surface area (Å²) in [6, 6.07) is 15.7. The van der Waals surface area contributed by atoms with E-state index in [4.69, 9.17) is 9.52 Å². The van der Waals surface area contributed by atoms with Crippen LogP contribution in [0.25, 0.3) is 22.6 Å². The van der Waals surface area contributed by atoms with E-state index in [1.54, 1.807) is 0 Å². The second-order valence-electron chi connectivity index (χ2n) is 5.21. The molecule has 0 aliphatic heterocycles. The Balaban J connectivity index is 2.05. The van der Waals surface area contributed by atoms with Gasteiger partial charge in [-0.3, -0.25) is 4.79 Å². The minimum absolute atomic E-state index is 0.0897. The normalized spacial score (nSPS) is 10.8. The molecule has 1 aromatic heterocycles. The van der Waals surface area contributed by atoms with Crippen LogP contribution in [-0.4, -0.2) is 21.8 Å². The van der Waals surface area contributed by atoms with Gasteiger partial charge in [-0.15, -0.1) is 0 Å². The summed E-state index contributed by atoms with van der Waals surface area (Å²) < 4.78 is 6.82. The highest BCUT2D eigenvalue weighted by atomic mass is 79.9. The van der Waals surface area contributed by atoms with Crippen molar-refractivity contribution in [3.8, 4) is 22.6 Å². The average Bonchev–Trinajstić information content (AvgIpc) is 2.98. The van der Waals surface area contributed by atoms with Crippen molar-refractivity contribution >= 4 is 33.7 Å². The van der Waals surface area contributed by atoms with E-state index < -0.39 is 5.97 Å². The van der Waals surface area contributed by atoms with Gasteiger partial charge in [-0.05, 0) is 19.1 Å². The monoisotopic (exact) mass is 403 g/mol. The van der Waals surface area contributed by atoms with Gasteiger partial charge in [0.1, 0.15) is 11.4 Å². The number of oxazole rings is 1. The third kappa shape index (κ3) is 3.88. The number of nitrogens with zero attached hydrogens (tertiary/aromatic N) is 1. The van der Waals surface area contributed by atoms with Crippen LogP contribution < -0.4 is 0 Å². The minimum atomic E-state index is -0.903. The molecule has 0 radical (unpaired) electrons. The molecule has 2 aromatic carbocycles. The molecule has 1 heterocycles. The predicted molar refractivity (Wildman–Crippen MR) is 98.2 cm³/mol. The summed E-state index contributed by atoms with van der Waals surface area (Å²) >= 11 is 4.49. The lowest BCUT2D eigenvalue weighted by molar-refractivity contribution is -0.133. The van der Waals surface area contributed by atoms with E-state index in [0.717, 1.165) is 32.9 Å². The van der Waals surface area contributed by atoms with Crippen molar-refractivity contribution in [1.82, 2.24) is 4.98 Å². The van der Waals surface area contributed by atoms with Crippen LogP contribution in [0.3, 0.4) is 0 Å². The fourth-order valence-electron chi connectivity index (χ4n) is 2.19. The quantitative estimate of drug-likeness (QED) is 0.588. The van der Waals surface area contributed by atoms with Gasteiger partial charge in [0.2, 0.25) is 0 Å². The molecule has 3 aromatic rings. The highest BCUT2D eigenvalue weighted by Gasteiger charge is 2.18. The number of thioether (sulfide) groups is 1. The van der Waals surface area contributed by atoms with Crippen LogP contribution in [0.1, 0.15) is 5.56 Å². The van der Waals surface area contributed by atoms with E-state index >= 15 is 0 Å². The van der Waals surface area contributed by atoms with Crippen LogP contribution in [0.15, 0.2) is 62.6 Å². The molecular formula is C18H14BrNO3S. The summed E-state index contributed by atoms with van der Waals surface area (Å²) in [6.07, 6.45) is 0. The Bertz CT molecular complexity index is 794. The molecule has 0 fully saturated rings. The fourth-order valence-corrected chi connectivity index (χ4v) is 3.00. The lowest BCUT2D eigenvalue weighted by Gasteiger charge is -2.02. The number of carboxylic acids is 1. The standard InChI is InChI=1S/C18H14BrNO3S/c1-11-2-4-12(5-3-11)16-17(13-6-8-14(19)9-7-13)23-18(20-16)24-10-15(21)22/h2-9H,10H2,1H3,(H,21,22). The third-order valence-corrected chi connectivity index (χ3v) is 4.70. The molecule has 0 aliphatic carbocycles. The molecular weight excluding hydrogens is 390 g/mol. The van der Waals surface area contributed by atoms with E-state index in [0.29, 0.717) is 16.7 Å². The number of aliphatic carboxylic acids is 1. The largest absolute Gasteiger partial charge is 0.481 e. The number of halogens is 1. The molecule has 0 saturated carbocycles. The van der Waals surface area contributed by atoms with Gasteiger partial charge in [-0.2, -0.15) is 0 Å². The maximum absolute atomic E-state index is 10.8. The Labute approximate surface area is 152 Å². The molecule has 6 heteroatoms. The number of aryl methyl sites for hydroxylation is 1. The first-order valence-electron chi connectivity index (χ1n) is 7.21. The van der Waals surface area contributed by atoms with Crippen molar-refractivity contribution in [3.63, 3.8) is 0 Å². The number of carboxylic acid groups (broad SMARTS) is 1. The van der Waals surface area contributed by atoms with Crippen molar-refractivity contribution in [2.45, 2.75) is 12.1 Å². The average molecular weight is 404 g/mol. The van der Waals surface area contributed by atoms with Crippen LogP contribution >= 0.6 is 27.7 Å². The molecule has 0 atom stereocenters. The first-order chi connectivity index (χ1) is 11.5. The Kier molecular flexibility index (Phi) is 5.06. The maximum atomic E-state index is 10.8. The second kappa shape index (κ2) is 7.23. The zero-order valence-corrected chi connectivity index (χ0v) is 15.2. The van der Waals surface area contributed by atoms with Gasteiger partial charge >= 0.3 is 5.97 Å². The summed E-state index contributed by atoms with van der Waals surface area (Å²) in [5, 5.41) is 9.20. The molecule has 3 rings (SSSR count). The Morgan fingerprint density at radius 2 is 1.75 bits per heavy atom. The summed E-state index contributed by atoms with van der Waals surface area (Å²) in [5.41, 5.74) is 3.70. The Hall–Kier alpha value is -2.05. The summed E-state index contributed by atoms with van der Waals surface area (Å²) in [6.45, 7) is 2.02. The highest BCUT2D eigenvalue weighted by molar-refractivity contribution is 9.10. The topological polar surface area (TPSA) is 63.3 Å². The molecule has 0 aliphatic rings.